The molecule has 0 amide bonds. The molecule has 1 fully saturated rings. The van der Waals surface area contributed by atoms with Gasteiger partial charge in [0.25, 0.3) is 0 Å². The third-order valence-electron chi connectivity index (χ3n) is 6.11. The van der Waals surface area contributed by atoms with Gasteiger partial charge in [-0.3, -0.25) is 0 Å². The molecule has 0 unspecified atom stereocenters. The Labute approximate surface area is 212 Å². The molecule has 0 bridgehead atoms. The molecule has 1 aromatic carbocycles. The Morgan fingerprint density at radius 2 is 2.00 bits per heavy atom. The van der Waals surface area contributed by atoms with E-state index < -0.39 is 12.0 Å². The Bertz CT molecular complexity index is 1510. The summed E-state index contributed by atoms with van der Waals surface area (Å²) in [6, 6.07) is 14.0. The zero-order chi connectivity index (χ0) is 25.9. The van der Waals surface area contributed by atoms with Gasteiger partial charge in [-0.05, 0) is 43.2 Å². The van der Waals surface area contributed by atoms with Crippen molar-refractivity contribution in [2.75, 3.05) is 24.3 Å². The number of nitriles is 1. The number of hydrogen-bond acceptors (Lipinski definition) is 10. The highest BCUT2D eigenvalue weighted by molar-refractivity contribution is 5.78. The van der Waals surface area contributed by atoms with Crippen LogP contribution in [0.4, 0.5) is 11.8 Å². The number of methoxy groups -OCH3 is 1. The van der Waals surface area contributed by atoms with Gasteiger partial charge in [0.1, 0.15) is 29.4 Å². The molecule has 1 aliphatic rings. The monoisotopic (exact) mass is 497 g/mol. The molecule has 12 nitrogen and oxygen atoms in total. The van der Waals surface area contributed by atoms with Crippen LogP contribution in [0.2, 0.25) is 0 Å². The fraction of sp³-hybridized carbons (Fsp3) is 0.240. The molecule has 4 aromatic rings. The number of ether oxygens (including phenoxy) is 1. The Kier molecular flexibility index (Phi) is 6.34. The molecule has 0 aliphatic carbocycles. The average Bonchev–Trinajstić information content (AvgIpc) is 3.58. The smallest absolute Gasteiger partial charge is 0.326 e. The van der Waals surface area contributed by atoms with Crippen molar-refractivity contribution in [3.05, 3.63) is 59.9 Å². The van der Waals surface area contributed by atoms with Crippen LogP contribution in [-0.4, -0.2) is 60.7 Å². The Hall–Kier alpha value is -5.05. The van der Waals surface area contributed by atoms with E-state index in [1.54, 1.807) is 35.1 Å². The lowest BCUT2D eigenvalue weighted by atomic mass is 10.1. The second-order valence-electron chi connectivity index (χ2n) is 8.47. The molecule has 3 aromatic heterocycles. The number of pyridine rings is 1. The maximum absolute atomic E-state index is 11.6. The SMILES string of the molecule is COc1c(C#N)cccc1-c1cc(-c2cn(Cc3cccc(N4CCC[C@@H]4C(=O)O)n3)nn2)nc(N)n1. The molecule has 1 saturated heterocycles. The van der Waals surface area contributed by atoms with Gasteiger partial charge in [0.15, 0.2) is 0 Å². The van der Waals surface area contributed by atoms with E-state index in [2.05, 4.69) is 31.3 Å². The van der Waals surface area contributed by atoms with Crippen LogP contribution < -0.4 is 15.4 Å². The number of benzene rings is 1. The molecule has 1 atom stereocenters. The molecular formula is C25H23N9O3. The quantitative estimate of drug-likeness (QED) is 0.384. The van der Waals surface area contributed by atoms with Crippen LogP contribution in [0.25, 0.3) is 22.6 Å². The Morgan fingerprint density at radius 3 is 2.78 bits per heavy atom. The molecular weight excluding hydrogens is 474 g/mol. The minimum atomic E-state index is -0.842. The van der Waals surface area contributed by atoms with Gasteiger partial charge in [0, 0.05) is 12.1 Å². The van der Waals surface area contributed by atoms with Crippen molar-refractivity contribution in [3.63, 3.8) is 0 Å². The van der Waals surface area contributed by atoms with Gasteiger partial charge in [-0.25, -0.2) is 24.4 Å². The van der Waals surface area contributed by atoms with E-state index in [1.165, 1.54) is 7.11 Å². The van der Waals surface area contributed by atoms with Crippen molar-refractivity contribution in [1.82, 2.24) is 29.9 Å². The molecule has 186 valence electrons. The normalized spacial score (nSPS) is 14.9. The highest BCUT2D eigenvalue weighted by atomic mass is 16.5. The van der Waals surface area contributed by atoms with Crippen molar-refractivity contribution >= 4 is 17.7 Å². The molecule has 37 heavy (non-hydrogen) atoms. The summed E-state index contributed by atoms with van der Waals surface area (Å²) in [5.41, 5.74) is 9.11. The highest BCUT2D eigenvalue weighted by Crippen LogP contribution is 2.33. The number of nitrogens with two attached hydrogens (primary N) is 1. The molecule has 4 heterocycles. The van der Waals surface area contributed by atoms with Crippen LogP contribution >= 0.6 is 0 Å². The van der Waals surface area contributed by atoms with E-state index in [-0.39, 0.29) is 5.95 Å². The summed E-state index contributed by atoms with van der Waals surface area (Å²) in [6.07, 6.45) is 3.13. The van der Waals surface area contributed by atoms with Crippen LogP contribution in [-0.2, 0) is 11.3 Å². The van der Waals surface area contributed by atoms with E-state index in [4.69, 9.17) is 10.5 Å². The number of aromatic nitrogens is 6. The minimum Gasteiger partial charge on any atom is -0.495 e. The fourth-order valence-corrected chi connectivity index (χ4v) is 4.45. The number of nitrogen functional groups attached to an aromatic ring is 1. The molecule has 0 spiro atoms. The number of aliphatic carboxylic acids is 1. The maximum atomic E-state index is 11.6. The van der Waals surface area contributed by atoms with Gasteiger partial charge >= 0.3 is 5.97 Å². The van der Waals surface area contributed by atoms with Gasteiger partial charge in [-0.15, -0.1) is 5.10 Å². The average molecular weight is 498 g/mol. The van der Waals surface area contributed by atoms with E-state index in [1.807, 2.05) is 23.1 Å². The number of hydrogen-bond donors (Lipinski definition) is 2. The van der Waals surface area contributed by atoms with Gasteiger partial charge in [0.05, 0.1) is 42.5 Å². The first-order valence-corrected chi connectivity index (χ1v) is 11.5. The summed E-state index contributed by atoms with van der Waals surface area (Å²) < 4.78 is 7.07. The van der Waals surface area contributed by atoms with Gasteiger partial charge in [-0.2, -0.15) is 5.26 Å². The van der Waals surface area contributed by atoms with E-state index in [0.29, 0.717) is 65.0 Å². The van der Waals surface area contributed by atoms with Crippen molar-refractivity contribution in [2.24, 2.45) is 0 Å². The third kappa shape index (κ3) is 4.74. The first-order chi connectivity index (χ1) is 18.0. The lowest BCUT2D eigenvalue weighted by Crippen LogP contribution is -2.36. The minimum absolute atomic E-state index is 0.0411. The van der Waals surface area contributed by atoms with E-state index in [0.717, 1.165) is 6.42 Å². The van der Waals surface area contributed by atoms with Gasteiger partial charge in [0.2, 0.25) is 5.95 Å². The Morgan fingerprint density at radius 1 is 1.19 bits per heavy atom. The van der Waals surface area contributed by atoms with E-state index in [9.17, 15) is 15.2 Å². The second kappa shape index (κ2) is 9.90. The number of carboxylic acids is 1. The topological polar surface area (TPSA) is 169 Å². The standard InChI is InChI=1S/C25H23N9O3/c1-37-23-15(12-26)5-2-7-17(23)18-11-19(30-25(27)29-18)20-14-33(32-31-20)13-16-6-3-9-22(28-16)34-10-4-8-21(34)24(35)36/h2-3,5-7,9,11,14,21H,4,8,10,13H2,1H3,(H,35,36)(H2,27,29,30)/t21-/m1/s1. The summed E-state index contributed by atoms with van der Waals surface area (Å²) in [5.74, 6) is 0.224. The van der Waals surface area contributed by atoms with Crippen molar-refractivity contribution < 1.29 is 14.6 Å². The van der Waals surface area contributed by atoms with Gasteiger partial charge in [-0.1, -0.05) is 17.3 Å². The van der Waals surface area contributed by atoms with Crippen molar-refractivity contribution in [3.8, 4) is 34.5 Å². The first kappa shape index (κ1) is 23.7. The van der Waals surface area contributed by atoms with Crippen molar-refractivity contribution in [1.29, 1.82) is 5.26 Å². The third-order valence-corrected chi connectivity index (χ3v) is 6.11. The van der Waals surface area contributed by atoms with E-state index >= 15 is 0 Å². The zero-order valence-electron chi connectivity index (χ0n) is 19.9. The lowest BCUT2D eigenvalue weighted by molar-refractivity contribution is -0.138. The van der Waals surface area contributed by atoms with Crippen molar-refractivity contribution in [2.45, 2.75) is 25.4 Å². The largest absolute Gasteiger partial charge is 0.495 e. The van der Waals surface area contributed by atoms with Crippen LogP contribution in [0.3, 0.4) is 0 Å². The summed E-state index contributed by atoms with van der Waals surface area (Å²) in [5, 5.41) is 27.3. The molecule has 12 heteroatoms. The number of rotatable bonds is 7. The highest BCUT2D eigenvalue weighted by Gasteiger charge is 2.31. The number of nitrogens with zero attached hydrogens (tertiary/aromatic N) is 8. The Balaban J connectivity index is 1.41. The molecule has 0 saturated carbocycles. The van der Waals surface area contributed by atoms with Crippen LogP contribution in [0.15, 0.2) is 48.7 Å². The molecule has 5 rings (SSSR count). The van der Waals surface area contributed by atoms with Crippen LogP contribution in [0.1, 0.15) is 24.1 Å². The second-order valence-corrected chi connectivity index (χ2v) is 8.47. The zero-order valence-corrected chi connectivity index (χ0v) is 19.9. The predicted octanol–water partition coefficient (Wildman–Crippen LogP) is 2.36. The number of carboxylic acid groups (broad SMARTS) is 1. The predicted molar refractivity (Wildman–Crippen MR) is 134 cm³/mol. The molecule has 1 aliphatic heterocycles. The fourth-order valence-electron chi connectivity index (χ4n) is 4.45. The molecule has 3 N–H and O–H groups in total. The molecule has 0 radical (unpaired) electrons. The summed E-state index contributed by atoms with van der Waals surface area (Å²) in [7, 11) is 1.49. The summed E-state index contributed by atoms with van der Waals surface area (Å²) in [4.78, 5) is 26.7. The first-order valence-electron chi connectivity index (χ1n) is 11.5. The number of para-hydroxylation sites is 1. The number of carbonyl (C=O) groups is 1. The summed E-state index contributed by atoms with van der Waals surface area (Å²) in [6.45, 7) is 0.984. The summed E-state index contributed by atoms with van der Waals surface area (Å²) >= 11 is 0. The van der Waals surface area contributed by atoms with Crippen LogP contribution in [0.5, 0.6) is 5.75 Å². The lowest BCUT2D eigenvalue weighted by Gasteiger charge is -2.22. The maximum Gasteiger partial charge on any atom is 0.326 e. The van der Waals surface area contributed by atoms with Gasteiger partial charge < -0.3 is 20.5 Å². The number of anilines is 2. The van der Waals surface area contributed by atoms with Crippen LogP contribution in [0, 0.1) is 11.3 Å².